The van der Waals surface area contributed by atoms with Crippen LogP contribution in [-0.4, -0.2) is 36.6 Å². The van der Waals surface area contributed by atoms with Gasteiger partial charge in [-0.15, -0.1) is 0 Å². The first-order chi connectivity index (χ1) is 14.0. The molecule has 0 amide bonds. The van der Waals surface area contributed by atoms with E-state index >= 15 is 0 Å². The Morgan fingerprint density at radius 1 is 0.897 bits per heavy atom. The smallest absolute Gasteiger partial charge is 0.338 e. The summed E-state index contributed by atoms with van der Waals surface area (Å²) in [5.74, 6) is -0.997. The van der Waals surface area contributed by atoms with Crippen molar-refractivity contribution in [2.75, 3.05) is 24.6 Å². The van der Waals surface area contributed by atoms with Crippen LogP contribution in [0.2, 0.25) is 0 Å². The van der Waals surface area contributed by atoms with Crippen molar-refractivity contribution in [3.8, 4) is 5.75 Å². The second-order valence-corrected chi connectivity index (χ2v) is 6.91. The van der Waals surface area contributed by atoms with E-state index in [1.807, 2.05) is 24.8 Å². The molecule has 0 spiro atoms. The average Bonchev–Trinajstić information content (AvgIpc) is 2.74. The summed E-state index contributed by atoms with van der Waals surface area (Å²) in [5.41, 5.74) is 1.35. The van der Waals surface area contributed by atoms with Crippen LogP contribution in [0, 0.1) is 0 Å². The molecule has 0 aromatic heterocycles. The van der Waals surface area contributed by atoms with Crippen molar-refractivity contribution in [2.45, 2.75) is 46.5 Å². The van der Waals surface area contributed by atoms with Gasteiger partial charge in [-0.1, -0.05) is 44.4 Å². The fourth-order valence-electron chi connectivity index (χ4n) is 3.35. The lowest BCUT2D eigenvalue weighted by molar-refractivity contribution is 0.0495. The lowest BCUT2D eigenvalue weighted by atomic mass is 9.95. The number of ketones is 1. The molecule has 0 unspecified atom stereocenters. The van der Waals surface area contributed by atoms with Gasteiger partial charge in [0.15, 0.2) is 5.78 Å². The van der Waals surface area contributed by atoms with E-state index in [4.69, 9.17) is 4.74 Å². The van der Waals surface area contributed by atoms with Crippen molar-refractivity contribution in [3.05, 3.63) is 59.2 Å². The number of hydrogen-bond donors (Lipinski definition) is 1. The number of carbonyl (C=O) groups excluding carboxylic acids is 2. The van der Waals surface area contributed by atoms with Crippen molar-refractivity contribution in [1.29, 1.82) is 0 Å². The van der Waals surface area contributed by atoms with E-state index in [9.17, 15) is 14.7 Å². The predicted molar refractivity (Wildman–Crippen MR) is 116 cm³/mol. The van der Waals surface area contributed by atoms with E-state index in [2.05, 4.69) is 6.92 Å². The number of unbranched alkanes of at least 4 members (excludes halogenated alkanes) is 3. The molecule has 0 aliphatic rings. The molecule has 1 N–H and O–H groups in total. The number of hydrogen-bond acceptors (Lipinski definition) is 5. The predicted octanol–water partition coefficient (Wildman–Crippen LogP) is 5.21. The number of esters is 1. The molecule has 0 heterocycles. The fourth-order valence-corrected chi connectivity index (χ4v) is 3.35. The summed E-state index contributed by atoms with van der Waals surface area (Å²) in [5, 5.41) is 10.2. The van der Waals surface area contributed by atoms with E-state index in [-0.39, 0.29) is 28.2 Å². The highest BCUT2D eigenvalue weighted by Crippen LogP contribution is 2.30. The molecule has 2 aromatic carbocycles. The average molecular weight is 398 g/mol. The Balaban J connectivity index is 2.43. The van der Waals surface area contributed by atoms with Gasteiger partial charge in [0.25, 0.3) is 0 Å². The third-order valence-corrected chi connectivity index (χ3v) is 4.97. The largest absolute Gasteiger partial charge is 0.507 e. The minimum atomic E-state index is -0.505. The molecule has 5 nitrogen and oxygen atoms in total. The van der Waals surface area contributed by atoms with Gasteiger partial charge in [0.1, 0.15) is 5.75 Å². The highest BCUT2D eigenvalue weighted by molar-refractivity contribution is 6.18. The summed E-state index contributed by atoms with van der Waals surface area (Å²) in [6, 6.07) is 11.6. The first kappa shape index (κ1) is 22.5. The van der Waals surface area contributed by atoms with Crippen molar-refractivity contribution in [1.82, 2.24) is 0 Å². The van der Waals surface area contributed by atoms with Crippen LogP contribution < -0.4 is 4.90 Å². The second-order valence-electron chi connectivity index (χ2n) is 6.91. The monoisotopic (exact) mass is 397 g/mol. The SMILES string of the molecule is CCCCCCOC(=O)c1cccc(N(CC)CC)c1C(=O)c1ccccc1O. The second kappa shape index (κ2) is 11.2. The minimum Gasteiger partial charge on any atom is -0.507 e. The van der Waals surface area contributed by atoms with E-state index in [1.165, 1.54) is 6.07 Å². The Hall–Kier alpha value is -2.82. The van der Waals surface area contributed by atoms with Gasteiger partial charge in [-0.25, -0.2) is 4.79 Å². The third kappa shape index (κ3) is 5.59. The Kier molecular flexibility index (Phi) is 8.71. The van der Waals surface area contributed by atoms with Crippen LogP contribution in [0.4, 0.5) is 5.69 Å². The van der Waals surface area contributed by atoms with Crippen LogP contribution in [0.1, 0.15) is 72.7 Å². The summed E-state index contributed by atoms with van der Waals surface area (Å²) in [6.07, 6.45) is 4.02. The zero-order valence-electron chi connectivity index (χ0n) is 17.6. The van der Waals surface area contributed by atoms with Gasteiger partial charge in [-0.05, 0) is 44.5 Å². The summed E-state index contributed by atoms with van der Waals surface area (Å²) in [6.45, 7) is 7.83. The molecule has 0 fully saturated rings. The van der Waals surface area contributed by atoms with Crippen LogP contribution in [0.5, 0.6) is 5.75 Å². The Morgan fingerprint density at radius 3 is 2.24 bits per heavy atom. The molecular formula is C24H31NO4. The van der Waals surface area contributed by atoms with Gasteiger partial charge in [0, 0.05) is 18.8 Å². The van der Waals surface area contributed by atoms with Crippen LogP contribution in [0.3, 0.4) is 0 Å². The van der Waals surface area contributed by atoms with Gasteiger partial charge in [-0.2, -0.15) is 0 Å². The number of para-hydroxylation sites is 1. The van der Waals surface area contributed by atoms with Gasteiger partial charge in [0.05, 0.1) is 23.3 Å². The number of benzene rings is 2. The number of ether oxygens (including phenoxy) is 1. The maximum atomic E-state index is 13.4. The van der Waals surface area contributed by atoms with E-state index in [0.717, 1.165) is 25.7 Å². The molecule has 0 bridgehead atoms. The van der Waals surface area contributed by atoms with Gasteiger partial charge < -0.3 is 14.7 Å². The minimum absolute atomic E-state index is 0.106. The van der Waals surface area contributed by atoms with Crippen LogP contribution in [0.25, 0.3) is 0 Å². The van der Waals surface area contributed by atoms with E-state index in [0.29, 0.717) is 25.4 Å². The van der Waals surface area contributed by atoms with Crippen molar-refractivity contribution >= 4 is 17.4 Å². The molecule has 0 saturated heterocycles. The third-order valence-electron chi connectivity index (χ3n) is 4.97. The normalized spacial score (nSPS) is 10.6. The molecule has 0 atom stereocenters. The number of anilines is 1. The lowest BCUT2D eigenvalue weighted by Gasteiger charge is -2.25. The summed E-state index contributed by atoms with van der Waals surface area (Å²) < 4.78 is 5.46. The number of phenolic OH excluding ortho intramolecular Hbond substituents is 1. The highest BCUT2D eigenvalue weighted by Gasteiger charge is 2.26. The number of phenols is 1. The summed E-state index contributed by atoms with van der Waals surface area (Å²) >= 11 is 0. The lowest BCUT2D eigenvalue weighted by Crippen LogP contribution is -2.26. The van der Waals surface area contributed by atoms with E-state index < -0.39 is 5.97 Å². The number of carbonyl (C=O) groups is 2. The number of nitrogens with zero attached hydrogens (tertiary/aromatic N) is 1. The van der Waals surface area contributed by atoms with Crippen molar-refractivity contribution in [2.24, 2.45) is 0 Å². The fraction of sp³-hybridized carbons (Fsp3) is 0.417. The highest BCUT2D eigenvalue weighted by atomic mass is 16.5. The maximum absolute atomic E-state index is 13.4. The van der Waals surface area contributed by atoms with Crippen molar-refractivity contribution in [3.63, 3.8) is 0 Å². The standard InChI is InChI=1S/C24H31NO4/c1-4-7-8-11-17-29-24(28)19-14-12-15-20(25(5-2)6-3)22(19)23(27)18-13-9-10-16-21(18)26/h9-10,12-16,26H,4-8,11,17H2,1-3H3. The molecule has 0 radical (unpaired) electrons. The first-order valence-corrected chi connectivity index (χ1v) is 10.4. The summed E-state index contributed by atoms with van der Waals surface area (Å²) in [7, 11) is 0. The topological polar surface area (TPSA) is 66.8 Å². The molecule has 0 saturated carbocycles. The van der Waals surface area contributed by atoms with Crippen LogP contribution >= 0.6 is 0 Å². The van der Waals surface area contributed by atoms with Crippen molar-refractivity contribution < 1.29 is 19.4 Å². The molecule has 2 aromatic rings. The number of rotatable bonds is 11. The molecule has 0 aliphatic carbocycles. The summed E-state index contributed by atoms with van der Waals surface area (Å²) in [4.78, 5) is 28.2. The molecule has 156 valence electrons. The quantitative estimate of drug-likeness (QED) is 0.320. The Labute approximate surface area is 173 Å². The zero-order chi connectivity index (χ0) is 21.2. The van der Waals surface area contributed by atoms with Gasteiger partial charge >= 0.3 is 5.97 Å². The Bertz CT molecular complexity index is 827. The maximum Gasteiger partial charge on any atom is 0.338 e. The molecule has 5 heteroatoms. The number of aromatic hydroxyl groups is 1. The van der Waals surface area contributed by atoms with E-state index in [1.54, 1.807) is 30.3 Å². The molecule has 0 aliphatic heterocycles. The molecule has 2 rings (SSSR count). The van der Waals surface area contributed by atoms with Gasteiger partial charge in [0.2, 0.25) is 0 Å². The zero-order valence-corrected chi connectivity index (χ0v) is 17.6. The molecule has 29 heavy (non-hydrogen) atoms. The first-order valence-electron chi connectivity index (χ1n) is 10.4. The Morgan fingerprint density at radius 2 is 1.59 bits per heavy atom. The van der Waals surface area contributed by atoms with Gasteiger partial charge in [-0.3, -0.25) is 4.79 Å². The van der Waals surface area contributed by atoms with Crippen LogP contribution in [0.15, 0.2) is 42.5 Å². The molecular weight excluding hydrogens is 366 g/mol. The van der Waals surface area contributed by atoms with Crippen LogP contribution in [-0.2, 0) is 4.74 Å².